The average Bonchev–Trinajstić information content (AvgIpc) is 2.76. The Morgan fingerprint density at radius 1 is 1.00 bits per heavy atom. The molecule has 0 aromatic heterocycles. The van der Waals surface area contributed by atoms with Gasteiger partial charge in [0.25, 0.3) is 0 Å². The minimum absolute atomic E-state index is 0.0708. The van der Waals surface area contributed by atoms with Crippen LogP contribution in [0.25, 0.3) is 0 Å². The van der Waals surface area contributed by atoms with E-state index >= 15 is 0 Å². The Morgan fingerprint density at radius 2 is 1.60 bits per heavy atom. The van der Waals surface area contributed by atoms with Crippen molar-refractivity contribution in [1.29, 1.82) is 0 Å². The number of carbonyl (C=O) groups excluding carboxylic acids is 1. The number of ether oxygens (including phenoxy) is 2. The second-order valence-corrected chi connectivity index (χ2v) is 5.98. The molecule has 2 saturated carbocycles. The maximum atomic E-state index is 12.2. The molecule has 0 amide bonds. The van der Waals surface area contributed by atoms with Crippen molar-refractivity contribution >= 4 is 5.78 Å². The van der Waals surface area contributed by atoms with Crippen molar-refractivity contribution in [2.24, 2.45) is 5.41 Å². The molecule has 1 atom stereocenters. The van der Waals surface area contributed by atoms with Crippen LogP contribution in [0.3, 0.4) is 0 Å². The summed E-state index contributed by atoms with van der Waals surface area (Å²) in [5.41, 5.74) is -0.184. The fourth-order valence-corrected chi connectivity index (χ4v) is 3.55. The highest BCUT2D eigenvalue weighted by Gasteiger charge is 2.55. The summed E-state index contributed by atoms with van der Waals surface area (Å²) >= 11 is 0. The second kappa shape index (κ2) is 5.47. The van der Waals surface area contributed by atoms with Crippen molar-refractivity contribution in [3.05, 3.63) is 24.3 Å². The molecule has 0 heterocycles. The molecule has 1 spiro atoms. The Labute approximate surface area is 120 Å². The molecule has 3 heteroatoms. The average molecular weight is 274 g/mol. The summed E-state index contributed by atoms with van der Waals surface area (Å²) in [5.74, 6) is 2.08. The van der Waals surface area contributed by atoms with E-state index in [0.717, 1.165) is 37.2 Å². The van der Waals surface area contributed by atoms with Crippen LogP contribution in [0.1, 0.15) is 44.9 Å². The van der Waals surface area contributed by atoms with Crippen LogP contribution in [0, 0.1) is 5.41 Å². The molecule has 2 fully saturated rings. The van der Waals surface area contributed by atoms with Crippen LogP contribution in [0.4, 0.5) is 0 Å². The zero-order chi connectivity index (χ0) is 14.0. The van der Waals surface area contributed by atoms with E-state index in [9.17, 15) is 4.79 Å². The highest BCUT2D eigenvalue weighted by molar-refractivity contribution is 5.92. The van der Waals surface area contributed by atoms with Crippen molar-refractivity contribution in [3.63, 3.8) is 0 Å². The van der Waals surface area contributed by atoms with Crippen LogP contribution >= 0.6 is 0 Å². The first-order chi connectivity index (χ1) is 9.74. The highest BCUT2D eigenvalue weighted by Crippen LogP contribution is 2.49. The normalized spacial score (nSPS) is 24.9. The quantitative estimate of drug-likeness (QED) is 0.842. The van der Waals surface area contributed by atoms with Crippen LogP contribution in [0.2, 0.25) is 0 Å². The fourth-order valence-electron chi connectivity index (χ4n) is 3.55. The Bertz CT molecular complexity index is 470. The Kier molecular flexibility index (Phi) is 3.68. The molecule has 0 bridgehead atoms. The van der Waals surface area contributed by atoms with Crippen LogP contribution in [0.5, 0.6) is 11.5 Å². The molecule has 1 unspecified atom stereocenters. The van der Waals surface area contributed by atoms with Gasteiger partial charge >= 0.3 is 0 Å². The van der Waals surface area contributed by atoms with Gasteiger partial charge in [-0.3, -0.25) is 4.79 Å². The number of rotatable bonds is 3. The lowest BCUT2D eigenvalue weighted by molar-refractivity contribution is -0.154. The fraction of sp³-hybridized carbons (Fsp3) is 0.588. The molecule has 3 nitrogen and oxygen atoms in total. The maximum absolute atomic E-state index is 12.2. The predicted molar refractivity (Wildman–Crippen MR) is 77.2 cm³/mol. The minimum Gasteiger partial charge on any atom is -0.497 e. The van der Waals surface area contributed by atoms with Gasteiger partial charge in [0.2, 0.25) is 0 Å². The molecule has 0 radical (unpaired) electrons. The molecule has 0 N–H and O–H groups in total. The van der Waals surface area contributed by atoms with E-state index < -0.39 is 0 Å². The van der Waals surface area contributed by atoms with Crippen LogP contribution in [0.15, 0.2) is 24.3 Å². The summed E-state index contributed by atoms with van der Waals surface area (Å²) < 4.78 is 11.2. The molecule has 3 rings (SSSR count). The maximum Gasteiger partial charge on any atom is 0.146 e. The molecular weight excluding hydrogens is 252 g/mol. The monoisotopic (exact) mass is 274 g/mol. The van der Waals surface area contributed by atoms with Gasteiger partial charge in [-0.2, -0.15) is 0 Å². The Hall–Kier alpha value is -1.51. The van der Waals surface area contributed by atoms with E-state index in [2.05, 4.69) is 0 Å². The smallest absolute Gasteiger partial charge is 0.146 e. The summed E-state index contributed by atoms with van der Waals surface area (Å²) in [6, 6.07) is 7.64. The van der Waals surface area contributed by atoms with Gasteiger partial charge in [-0.25, -0.2) is 0 Å². The number of carbonyl (C=O) groups is 1. The standard InChI is InChI=1S/C17H22O3/c1-19-13-6-8-14(9-7-13)20-16-12-15(18)17(16)10-4-2-3-5-11-17/h6-9,16H,2-5,10-12H2,1H3. The summed E-state index contributed by atoms with van der Waals surface area (Å²) in [5, 5.41) is 0. The van der Waals surface area contributed by atoms with Crippen molar-refractivity contribution in [2.45, 2.75) is 51.0 Å². The molecule has 0 aliphatic heterocycles. The van der Waals surface area contributed by atoms with E-state index in [4.69, 9.17) is 9.47 Å². The van der Waals surface area contributed by atoms with Gasteiger partial charge in [0.05, 0.1) is 12.5 Å². The first kappa shape index (κ1) is 13.5. The van der Waals surface area contributed by atoms with Crippen molar-refractivity contribution in [1.82, 2.24) is 0 Å². The third-order valence-electron chi connectivity index (χ3n) is 4.88. The number of methoxy groups -OCH3 is 1. The minimum atomic E-state index is -0.184. The van der Waals surface area contributed by atoms with Gasteiger partial charge in [-0.1, -0.05) is 25.7 Å². The second-order valence-electron chi connectivity index (χ2n) is 5.98. The van der Waals surface area contributed by atoms with Gasteiger partial charge in [-0.05, 0) is 37.1 Å². The third-order valence-corrected chi connectivity index (χ3v) is 4.88. The summed E-state index contributed by atoms with van der Waals surface area (Å²) in [6.07, 6.45) is 7.49. The predicted octanol–water partition coefficient (Wildman–Crippen LogP) is 3.76. The molecule has 2 aliphatic rings. The van der Waals surface area contributed by atoms with Crippen LogP contribution in [-0.4, -0.2) is 19.0 Å². The molecule has 2 aliphatic carbocycles. The Morgan fingerprint density at radius 3 is 2.15 bits per heavy atom. The first-order valence-corrected chi connectivity index (χ1v) is 7.59. The van der Waals surface area contributed by atoms with Crippen LogP contribution in [-0.2, 0) is 4.79 Å². The molecule has 0 saturated heterocycles. The molecule has 1 aromatic rings. The summed E-state index contributed by atoms with van der Waals surface area (Å²) in [4.78, 5) is 12.2. The number of Topliss-reactive ketones (excluding diaryl/α,β-unsaturated/α-hetero) is 1. The van der Waals surface area contributed by atoms with E-state index in [1.165, 1.54) is 12.8 Å². The molecule has 108 valence electrons. The van der Waals surface area contributed by atoms with Crippen molar-refractivity contribution in [3.8, 4) is 11.5 Å². The van der Waals surface area contributed by atoms with E-state index in [0.29, 0.717) is 12.2 Å². The third kappa shape index (κ3) is 2.30. The molecular formula is C17H22O3. The number of hydrogen-bond donors (Lipinski definition) is 0. The zero-order valence-corrected chi connectivity index (χ0v) is 12.1. The number of hydrogen-bond acceptors (Lipinski definition) is 3. The lowest BCUT2D eigenvalue weighted by Gasteiger charge is -2.47. The van der Waals surface area contributed by atoms with Crippen LogP contribution < -0.4 is 9.47 Å². The van der Waals surface area contributed by atoms with Gasteiger partial charge in [0, 0.05) is 6.42 Å². The van der Waals surface area contributed by atoms with E-state index in [-0.39, 0.29) is 11.5 Å². The summed E-state index contributed by atoms with van der Waals surface area (Å²) in [7, 11) is 1.65. The van der Waals surface area contributed by atoms with Gasteiger partial charge in [0.1, 0.15) is 23.4 Å². The number of benzene rings is 1. The van der Waals surface area contributed by atoms with E-state index in [1.807, 2.05) is 24.3 Å². The van der Waals surface area contributed by atoms with Crippen molar-refractivity contribution < 1.29 is 14.3 Å². The highest BCUT2D eigenvalue weighted by atomic mass is 16.5. The molecule has 1 aromatic carbocycles. The zero-order valence-electron chi connectivity index (χ0n) is 12.1. The lowest BCUT2D eigenvalue weighted by atomic mass is 9.60. The van der Waals surface area contributed by atoms with Gasteiger partial charge in [-0.15, -0.1) is 0 Å². The van der Waals surface area contributed by atoms with Gasteiger partial charge in [0.15, 0.2) is 0 Å². The molecule has 20 heavy (non-hydrogen) atoms. The topological polar surface area (TPSA) is 35.5 Å². The largest absolute Gasteiger partial charge is 0.497 e. The van der Waals surface area contributed by atoms with Crippen molar-refractivity contribution in [2.75, 3.05) is 7.11 Å². The number of ketones is 1. The SMILES string of the molecule is COc1ccc(OC2CC(=O)C23CCCCCC3)cc1. The van der Waals surface area contributed by atoms with Gasteiger partial charge < -0.3 is 9.47 Å². The Balaban J connectivity index is 1.71. The first-order valence-electron chi connectivity index (χ1n) is 7.59. The summed E-state index contributed by atoms with van der Waals surface area (Å²) in [6.45, 7) is 0. The lowest BCUT2D eigenvalue weighted by Crippen LogP contribution is -2.56. The van der Waals surface area contributed by atoms with E-state index in [1.54, 1.807) is 7.11 Å².